The van der Waals surface area contributed by atoms with Crippen LogP contribution in [-0.2, 0) is 11.2 Å². The molecule has 1 aliphatic carbocycles. The third-order valence-corrected chi connectivity index (χ3v) is 3.57. The third-order valence-electron chi connectivity index (χ3n) is 3.57. The van der Waals surface area contributed by atoms with E-state index in [1.54, 1.807) is 6.07 Å². The molecule has 1 aromatic carbocycles. The van der Waals surface area contributed by atoms with E-state index in [0.717, 1.165) is 24.8 Å². The zero-order chi connectivity index (χ0) is 15.2. The predicted octanol–water partition coefficient (Wildman–Crippen LogP) is 2.15. The molecule has 116 valence electrons. The molecule has 4 nitrogen and oxygen atoms in total. The van der Waals surface area contributed by atoms with Crippen molar-refractivity contribution < 1.29 is 13.9 Å². The Labute approximate surface area is 124 Å². The molecule has 0 spiro atoms. The Morgan fingerprint density at radius 2 is 2.29 bits per heavy atom. The van der Waals surface area contributed by atoms with Crippen molar-refractivity contribution in [3.05, 3.63) is 29.6 Å². The lowest BCUT2D eigenvalue weighted by Crippen LogP contribution is -2.27. The van der Waals surface area contributed by atoms with Crippen LogP contribution in [0.25, 0.3) is 0 Å². The number of hydrogen-bond donors (Lipinski definition) is 2. The zero-order valence-corrected chi connectivity index (χ0v) is 12.4. The van der Waals surface area contributed by atoms with E-state index in [4.69, 9.17) is 10.5 Å². The highest BCUT2D eigenvalue weighted by atomic mass is 19.1. The maximum Gasteiger partial charge on any atom is 0.223 e. The van der Waals surface area contributed by atoms with Crippen LogP contribution in [-0.4, -0.2) is 24.6 Å². The number of halogens is 1. The zero-order valence-electron chi connectivity index (χ0n) is 12.4. The number of ether oxygens (including phenoxy) is 1. The van der Waals surface area contributed by atoms with E-state index in [1.807, 2.05) is 13.0 Å². The SMILES string of the molecule is CCC(N)Cc1cccc(F)c1OCCC(=O)NC1CC1. The van der Waals surface area contributed by atoms with Gasteiger partial charge in [0, 0.05) is 12.1 Å². The van der Waals surface area contributed by atoms with E-state index < -0.39 is 5.82 Å². The van der Waals surface area contributed by atoms with Crippen LogP contribution < -0.4 is 15.8 Å². The van der Waals surface area contributed by atoms with Gasteiger partial charge in [-0.25, -0.2) is 4.39 Å². The highest BCUT2D eigenvalue weighted by Crippen LogP contribution is 2.24. The summed E-state index contributed by atoms with van der Waals surface area (Å²) < 4.78 is 19.4. The summed E-state index contributed by atoms with van der Waals surface area (Å²) in [6.07, 6.45) is 3.74. The van der Waals surface area contributed by atoms with Crippen molar-refractivity contribution in [1.29, 1.82) is 0 Å². The quantitative estimate of drug-likeness (QED) is 0.772. The monoisotopic (exact) mass is 294 g/mol. The minimum atomic E-state index is -0.404. The first-order valence-corrected chi connectivity index (χ1v) is 7.55. The lowest BCUT2D eigenvalue weighted by molar-refractivity contribution is -0.121. The maximum atomic E-state index is 13.9. The molecule has 1 fully saturated rings. The van der Waals surface area contributed by atoms with Crippen molar-refractivity contribution in [2.75, 3.05) is 6.61 Å². The summed E-state index contributed by atoms with van der Waals surface area (Å²) in [7, 11) is 0. The maximum absolute atomic E-state index is 13.9. The van der Waals surface area contributed by atoms with E-state index >= 15 is 0 Å². The number of carbonyl (C=O) groups excluding carboxylic acids is 1. The van der Waals surface area contributed by atoms with Gasteiger partial charge in [-0.05, 0) is 37.3 Å². The largest absolute Gasteiger partial charge is 0.490 e. The Bertz CT molecular complexity index is 489. The lowest BCUT2D eigenvalue weighted by atomic mass is 10.0. The van der Waals surface area contributed by atoms with Gasteiger partial charge in [-0.15, -0.1) is 0 Å². The number of nitrogens with two attached hydrogens (primary N) is 1. The van der Waals surface area contributed by atoms with Gasteiger partial charge in [0.1, 0.15) is 0 Å². The Kier molecular flexibility index (Phi) is 5.56. The lowest BCUT2D eigenvalue weighted by Gasteiger charge is -2.15. The predicted molar refractivity (Wildman–Crippen MR) is 79.6 cm³/mol. The molecule has 0 bridgehead atoms. The summed E-state index contributed by atoms with van der Waals surface area (Å²) in [6, 6.07) is 5.15. The van der Waals surface area contributed by atoms with E-state index in [9.17, 15) is 9.18 Å². The van der Waals surface area contributed by atoms with E-state index in [0.29, 0.717) is 12.5 Å². The summed E-state index contributed by atoms with van der Waals surface area (Å²) in [6.45, 7) is 2.17. The molecule has 5 heteroatoms. The number of amides is 1. The average molecular weight is 294 g/mol. The van der Waals surface area contributed by atoms with Crippen LogP contribution in [0.4, 0.5) is 4.39 Å². The van der Waals surface area contributed by atoms with Gasteiger partial charge >= 0.3 is 0 Å². The molecule has 0 aromatic heterocycles. The fraction of sp³-hybridized carbons (Fsp3) is 0.562. The van der Waals surface area contributed by atoms with Crippen molar-refractivity contribution in [3.63, 3.8) is 0 Å². The summed E-state index contributed by atoms with van der Waals surface area (Å²) in [5.74, 6) is -0.223. The summed E-state index contributed by atoms with van der Waals surface area (Å²) in [4.78, 5) is 11.6. The summed E-state index contributed by atoms with van der Waals surface area (Å²) >= 11 is 0. The third kappa shape index (κ3) is 5.01. The van der Waals surface area contributed by atoms with Gasteiger partial charge in [0.25, 0.3) is 0 Å². The molecule has 1 aliphatic rings. The van der Waals surface area contributed by atoms with Crippen LogP contribution in [0.3, 0.4) is 0 Å². The van der Waals surface area contributed by atoms with Gasteiger partial charge in [0.05, 0.1) is 13.0 Å². The fourth-order valence-corrected chi connectivity index (χ4v) is 2.08. The van der Waals surface area contributed by atoms with Crippen LogP contribution >= 0.6 is 0 Å². The smallest absolute Gasteiger partial charge is 0.223 e. The second-order valence-corrected chi connectivity index (χ2v) is 5.54. The molecule has 1 saturated carbocycles. The molecule has 1 aromatic rings. The first-order chi connectivity index (χ1) is 10.1. The van der Waals surface area contributed by atoms with Crippen LogP contribution in [0.1, 0.15) is 38.2 Å². The minimum absolute atomic E-state index is 0.0210. The van der Waals surface area contributed by atoms with E-state index in [2.05, 4.69) is 5.32 Å². The topological polar surface area (TPSA) is 64.3 Å². The van der Waals surface area contributed by atoms with Crippen molar-refractivity contribution in [3.8, 4) is 5.75 Å². The van der Waals surface area contributed by atoms with Gasteiger partial charge < -0.3 is 15.8 Å². The molecule has 21 heavy (non-hydrogen) atoms. The normalized spacial score (nSPS) is 15.6. The Hall–Kier alpha value is -1.62. The van der Waals surface area contributed by atoms with Crippen LogP contribution in [0.15, 0.2) is 18.2 Å². The van der Waals surface area contributed by atoms with E-state index in [-0.39, 0.29) is 30.7 Å². The highest BCUT2D eigenvalue weighted by Gasteiger charge is 2.23. The molecule has 1 atom stereocenters. The van der Waals surface area contributed by atoms with Crippen molar-refractivity contribution in [2.24, 2.45) is 5.73 Å². The fourth-order valence-electron chi connectivity index (χ4n) is 2.08. The molecule has 0 heterocycles. The van der Waals surface area contributed by atoms with Crippen molar-refractivity contribution in [1.82, 2.24) is 5.32 Å². The van der Waals surface area contributed by atoms with Crippen LogP contribution in [0.2, 0.25) is 0 Å². The van der Waals surface area contributed by atoms with Gasteiger partial charge in [0.2, 0.25) is 5.91 Å². The van der Waals surface area contributed by atoms with Gasteiger partial charge in [-0.2, -0.15) is 0 Å². The first kappa shape index (κ1) is 15.8. The molecule has 3 N–H and O–H groups in total. The molecular formula is C16H23FN2O2. The number of rotatable bonds is 8. The van der Waals surface area contributed by atoms with Gasteiger partial charge in [0.15, 0.2) is 11.6 Å². The Morgan fingerprint density at radius 1 is 1.52 bits per heavy atom. The molecule has 0 aliphatic heterocycles. The molecule has 2 rings (SSSR count). The molecular weight excluding hydrogens is 271 g/mol. The van der Waals surface area contributed by atoms with E-state index in [1.165, 1.54) is 6.07 Å². The molecule has 0 saturated heterocycles. The summed E-state index contributed by atoms with van der Waals surface area (Å²) in [5.41, 5.74) is 6.68. The van der Waals surface area contributed by atoms with Crippen molar-refractivity contribution in [2.45, 2.75) is 51.1 Å². The molecule has 1 amide bonds. The number of benzene rings is 1. The number of nitrogens with one attached hydrogen (secondary N) is 1. The molecule has 0 radical (unpaired) electrons. The number of para-hydroxylation sites is 1. The molecule has 1 unspecified atom stereocenters. The average Bonchev–Trinajstić information content (AvgIpc) is 3.25. The minimum Gasteiger partial charge on any atom is -0.490 e. The van der Waals surface area contributed by atoms with Crippen LogP contribution in [0, 0.1) is 5.82 Å². The number of carbonyl (C=O) groups is 1. The van der Waals surface area contributed by atoms with Crippen LogP contribution in [0.5, 0.6) is 5.75 Å². The first-order valence-electron chi connectivity index (χ1n) is 7.55. The van der Waals surface area contributed by atoms with Crippen molar-refractivity contribution >= 4 is 5.91 Å². The van der Waals surface area contributed by atoms with Gasteiger partial charge in [-0.1, -0.05) is 19.1 Å². The Balaban J connectivity index is 1.89. The second kappa shape index (κ2) is 7.41. The second-order valence-electron chi connectivity index (χ2n) is 5.54. The Morgan fingerprint density at radius 3 is 2.95 bits per heavy atom. The highest BCUT2D eigenvalue weighted by molar-refractivity contribution is 5.76. The summed E-state index contributed by atoms with van der Waals surface area (Å²) in [5, 5.41) is 2.88. The standard InChI is InChI=1S/C16H23FN2O2/c1-2-12(18)10-11-4-3-5-14(17)16(11)21-9-8-15(20)19-13-6-7-13/h3-5,12-13H,2,6-10,18H2,1H3,(H,19,20). The number of hydrogen-bond acceptors (Lipinski definition) is 3. The van der Waals surface area contributed by atoms with Gasteiger partial charge in [-0.3, -0.25) is 4.79 Å².